The number of carbonyl (C=O) groups is 4. The van der Waals surface area contributed by atoms with Crippen molar-refractivity contribution in [2.75, 3.05) is 19.8 Å². The van der Waals surface area contributed by atoms with Crippen molar-refractivity contribution in [2.45, 2.75) is 51.0 Å². The molecule has 0 aliphatic rings. The predicted octanol–water partition coefficient (Wildman–Crippen LogP) is -1.39. The van der Waals surface area contributed by atoms with E-state index >= 15 is 0 Å². The zero-order chi connectivity index (χ0) is 22.0. The number of ether oxygens (including phenoxy) is 2. The third kappa shape index (κ3) is 10.6. The lowest BCUT2D eigenvalue weighted by molar-refractivity contribution is -0.152. The van der Waals surface area contributed by atoms with Crippen LogP contribution in [0.4, 0.5) is 0 Å². The second kappa shape index (κ2) is 11.4. The summed E-state index contributed by atoms with van der Waals surface area (Å²) < 4.78 is 10.8. The number of aliphatic carboxylic acids is 1. The van der Waals surface area contributed by atoms with Gasteiger partial charge in [-0.25, -0.2) is 0 Å². The highest BCUT2D eigenvalue weighted by molar-refractivity contribution is 5.92. The van der Waals surface area contributed by atoms with E-state index in [0.717, 1.165) is 0 Å². The number of amides is 3. The molecule has 0 saturated heterocycles. The summed E-state index contributed by atoms with van der Waals surface area (Å²) in [4.78, 5) is 46.7. The van der Waals surface area contributed by atoms with E-state index in [0.29, 0.717) is 0 Å². The van der Waals surface area contributed by atoms with Gasteiger partial charge in [0.25, 0.3) is 5.91 Å². The minimum Gasteiger partial charge on any atom is -0.481 e. The molecule has 0 bridgehead atoms. The molecular weight excluding hydrogens is 372 g/mol. The average Bonchev–Trinajstić information content (AvgIpc) is 2.58. The highest BCUT2D eigenvalue weighted by atomic mass is 16.5. The van der Waals surface area contributed by atoms with Crippen LogP contribution >= 0.6 is 0 Å². The molecule has 0 fully saturated rings. The van der Waals surface area contributed by atoms with E-state index in [9.17, 15) is 19.2 Å². The van der Waals surface area contributed by atoms with E-state index in [-0.39, 0.29) is 19.6 Å². The van der Waals surface area contributed by atoms with Crippen LogP contribution in [0.3, 0.4) is 0 Å². The van der Waals surface area contributed by atoms with Gasteiger partial charge in [-0.1, -0.05) is 6.08 Å². The first kappa shape index (κ1) is 25.5. The molecule has 160 valence electrons. The summed E-state index contributed by atoms with van der Waals surface area (Å²) in [5, 5.41) is 13.5. The quantitative estimate of drug-likeness (QED) is 0.184. The first-order chi connectivity index (χ1) is 12.8. The third-order valence-electron chi connectivity index (χ3n) is 3.30. The Kier molecular flexibility index (Phi) is 10.4. The lowest BCUT2D eigenvalue weighted by atomic mass is 10.1. The molecule has 11 heteroatoms. The van der Waals surface area contributed by atoms with Crippen LogP contribution in [-0.4, -0.2) is 65.9 Å². The third-order valence-corrected chi connectivity index (χ3v) is 3.30. The Bertz CT molecular complexity index is 589. The van der Waals surface area contributed by atoms with Gasteiger partial charge in [-0.15, -0.1) is 6.58 Å². The minimum absolute atomic E-state index is 0.111. The molecule has 0 heterocycles. The number of rotatable bonds is 13. The van der Waals surface area contributed by atoms with Crippen LogP contribution in [0.2, 0.25) is 0 Å². The second-order valence-corrected chi connectivity index (χ2v) is 7.02. The maximum Gasteiger partial charge on any atom is 0.303 e. The van der Waals surface area contributed by atoms with Gasteiger partial charge in [0.2, 0.25) is 11.8 Å². The van der Waals surface area contributed by atoms with Crippen molar-refractivity contribution in [1.29, 1.82) is 0 Å². The number of hydrogen-bond donors (Lipinski definition) is 5. The van der Waals surface area contributed by atoms with Crippen molar-refractivity contribution in [1.82, 2.24) is 10.6 Å². The SMILES string of the molecule is C=CCO[C@](N)(CCC(=O)O)C(=O)N[C@H](COC(C)(C)C)C(=O)NCC(N)=O. The van der Waals surface area contributed by atoms with Gasteiger partial charge in [-0.05, 0) is 20.8 Å². The Morgan fingerprint density at radius 2 is 1.82 bits per heavy atom. The van der Waals surface area contributed by atoms with Crippen LogP contribution in [0.1, 0.15) is 33.6 Å². The van der Waals surface area contributed by atoms with Crippen LogP contribution in [0, 0.1) is 0 Å². The van der Waals surface area contributed by atoms with Gasteiger partial charge in [0.1, 0.15) is 6.04 Å². The van der Waals surface area contributed by atoms with E-state index in [4.69, 9.17) is 26.0 Å². The van der Waals surface area contributed by atoms with Crippen molar-refractivity contribution in [3.05, 3.63) is 12.7 Å². The molecule has 2 atom stereocenters. The Morgan fingerprint density at radius 1 is 1.21 bits per heavy atom. The highest BCUT2D eigenvalue weighted by Crippen LogP contribution is 2.14. The Labute approximate surface area is 163 Å². The first-order valence-electron chi connectivity index (χ1n) is 8.57. The minimum atomic E-state index is -2.00. The fourth-order valence-electron chi connectivity index (χ4n) is 1.85. The monoisotopic (exact) mass is 402 g/mol. The summed E-state index contributed by atoms with van der Waals surface area (Å²) in [5.41, 5.74) is 8.32. The normalized spacial score (nSPS) is 14.4. The number of nitrogens with one attached hydrogen (secondary N) is 2. The highest BCUT2D eigenvalue weighted by Gasteiger charge is 2.38. The van der Waals surface area contributed by atoms with Crippen molar-refractivity contribution in [3.8, 4) is 0 Å². The van der Waals surface area contributed by atoms with Gasteiger partial charge >= 0.3 is 5.97 Å². The van der Waals surface area contributed by atoms with E-state index in [1.807, 2.05) is 0 Å². The van der Waals surface area contributed by atoms with E-state index < -0.39 is 54.0 Å². The van der Waals surface area contributed by atoms with Crippen LogP contribution in [0.5, 0.6) is 0 Å². The molecule has 0 aliphatic heterocycles. The first-order valence-corrected chi connectivity index (χ1v) is 8.57. The predicted molar refractivity (Wildman–Crippen MR) is 99.8 cm³/mol. The fraction of sp³-hybridized carbons (Fsp3) is 0.647. The summed E-state index contributed by atoms with van der Waals surface area (Å²) in [6.07, 6.45) is 0.575. The van der Waals surface area contributed by atoms with Gasteiger partial charge in [0.05, 0.1) is 25.4 Å². The number of hydrogen-bond acceptors (Lipinski definition) is 7. The standard InChI is InChI=1S/C17H30N4O7/c1-5-8-27-17(19,7-6-13(23)24)15(26)21-11(10-28-16(2,3)4)14(25)20-9-12(18)22/h5,11H,1,6-10,19H2,2-4H3,(H2,18,22)(H,20,25)(H,21,26)(H,23,24)/t11-,17-/m1/s1. The number of carbonyl (C=O) groups excluding carboxylic acids is 3. The molecule has 7 N–H and O–H groups in total. The summed E-state index contributed by atoms with van der Waals surface area (Å²) in [7, 11) is 0. The van der Waals surface area contributed by atoms with Crippen molar-refractivity contribution >= 4 is 23.7 Å². The largest absolute Gasteiger partial charge is 0.481 e. The number of primary amides is 1. The maximum absolute atomic E-state index is 12.6. The van der Waals surface area contributed by atoms with E-state index in [1.165, 1.54) is 6.08 Å². The molecule has 0 unspecified atom stereocenters. The number of nitrogens with two attached hydrogens (primary N) is 2. The molecular formula is C17H30N4O7. The molecule has 0 aromatic carbocycles. The van der Waals surface area contributed by atoms with Crippen molar-refractivity contribution in [3.63, 3.8) is 0 Å². The molecule has 0 radical (unpaired) electrons. The average molecular weight is 402 g/mol. The molecule has 11 nitrogen and oxygen atoms in total. The van der Waals surface area contributed by atoms with Gasteiger partial charge in [0.15, 0.2) is 5.72 Å². The van der Waals surface area contributed by atoms with E-state index in [2.05, 4.69) is 17.2 Å². The van der Waals surface area contributed by atoms with Crippen molar-refractivity contribution in [2.24, 2.45) is 11.5 Å². The summed E-state index contributed by atoms with van der Waals surface area (Å²) in [6, 6.07) is -1.22. The molecule has 0 rings (SSSR count). The molecule has 0 spiro atoms. The molecule has 0 aromatic rings. The summed E-state index contributed by atoms with van der Waals surface area (Å²) in [5.74, 6) is -3.57. The van der Waals surface area contributed by atoms with Crippen molar-refractivity contribution < 1.29 is 33.8 Å². The van der Waals surface area contributed by atoms with Gasteiger partial charge in [0, 0.05) is 12.8 Å². The second-order valence-electron chi connectivity index (χ2n) is 7.02. The van der Waals surface area contributed by atoms with Crippen LogP contribution in [0.15, 0.2) is 12.7 Å². The molecule has 0 saturated carbocycles. The Hall–Kier alpha value is -2.50. The molecule has 3 amide bonds. The number of carboxylic acid groups (broad SMARTS) is 1. The fourth-order valence-corrected chi connectivity index (χ4v) is 1.85. The smallest absolute Gasteiger partial charge is 0.303 e. The van der Waals surface area contributed by atoms with Crippen LogP contribution in [-0.2, 0) is 28.7 Å². The zero-order valence-corrected chi connectivity index (χ0v) is 16.4. The maximum atomic E-state index is 12.6. The Morgan fingerprint density at radius 3 is 2.29 bits per heavy atom. The van der Waals surface area contributed by atoms with E-state index in [1.54, 1.807) is 20.8 Å². The molecule has 0 aliphatic carbocycles. The number of carboxylic acids is 1. The Balaban J connectivity index is 5.35. The van der Waals surface area contributed by atoms with Gasteiger partial charge < -0.3 is 30.9 Å². The van der Waals surface area contributed by atoms with Crippen LogP contribution < -0.4 is 22.1 Å². The summed E-state index contributed by atoms with van der Waals surface area (Å²) >= 11 is 0. The summed E-state index contributed by atoms with van der Waals surface area (Å²) in [6.45, 7) is 7.93. The topological polar surface area (TPSA) is 183 Å². The van der Waals surface area contributed by atoms with Gasteiger partial charge in [-0.3, -0.25) is 24.9 Å². The van der Waals surface area contributed by atoms with Gasteiger partial charge in [-0.2, -0.15) is 0 Å². The molecule has 0 aromatic heterocycles. The lowest BCUT2D eigenvalue weighted by Gasteiger charge is -2.30. The lowest BCUT2D eigenvalue weighted by Crippen LogP contribution is -2.61. The molecule has 28 heavy (non-hydrogen) atoms. The van der Waals surface area contributed by atoms with Crippen LogP contribution in [0.25, 0.3) is 0 Å². The zero-order valence-electron chi connectivity index (χ0n) is 16.4.